The van der Waals surface area contributed by atoms with Crippen molar-refractivity contribution < 1.29 is 9.47 Å². The van der Waals surface area contributed by atoms with Gasteiger partial charge in [-0.3, -0.25) is 0 Å². The first-order chi connectivity index (χ1) is 8.84. The number of nitrogens with two attached hydrogens (primary N) is 1. The van der Waals surface area contributed by atoms with Gasteiger partial charge in [0.1, 0.15) is 5.82 Å². The van der Waals surface area contributed by atoms with E-state index in [2.05, 4.69) is 4.98 Å². The molecule has 0 atom stereocenters. The highest BCUT2D eigenvalue weighted by Gasteiger charge is 2.18. The van der Waals surface area contributed by atoms with Crippen LogP contribution in [0, 0.1) is 0 Å². The standard InChI is InChI=1S/C14H14N2O2/c15-13-12(5-2-6-16-13)10-3-1-4-11(9-10)14-17-7-8-18-14/h1-6,9,14H,7-8H2,(H2,15,16). The summed E-state index contributed by atoms with van der Waals surface area (Å²) in [6, 6.07) is 11.8. The molecule has 1 aromatic heterocycles. The summed E-state index contributed by atoms with van der Waals surface area (Å²) < 4.78 is 11.0. The molecule has 0 saturated carbocycles. The molecule has 0 bridgehead atoms. The first kappa shape index (κ1) is 11.2. The summed E-state index contributed by atoms with van der Waals surface area (Å²) in [6.07, 6.45) is 1.43. The van der Waals surface area contributed by atoms with E-state index in [4.69, 9.17) is 15.2 Å². The van der Waals surface area contributed by atoms with Crippen LogP contribution in [-0.4, -0.2) is 18.2 Å². The Hall–Kier alpha value is -1.91. The lowest BCUT2D eigenvalue weighted by atomic mass is 10.0. The first-order valence-electron chi connectivity index (χ1n) is 5.88. The molecule has 0 unspecified atom stereocenters. The van der Waals surface area contributed by atoms with Gasteiger partial charge >= 0.3 is 0 Å². The second-order valence-corrected chi connectivity index (χ2v) is 4.14. The Morgan fingerprint density at radius 1 is 1.11 bits per heavy atom. The summed E-state index contributed by atoms with van der Waals surface area (Å²) >= 11 is 0. The Bertz CT molecular complexity index is 551. The average Bonchev–Trinajstić information content (AvgIpc) is 2.93. The van der Waals surface area contributed by atoms with Crippen LogP contribution in [0.2, 0.25) is 0 Å². The zero-order valence-corrected chi connectivity index (χ0v) is 9.87. The maximum atomic E-state index is 5.88. The monoisotopic (exact) mass is 242 g/mol. The summed E-state index contributed by atoms with van der Waals surface area (Å²) in [5, 5.41) is 0. The van der Waals surface area contributed by atoms with Gasteiger partial charge in [-0.1, -0.05) is 18.2 Å². The fraction of sp³-hybridized carbons (Fsp3) is 0.214. The number of nitrogens with zero attached hydrogens (tertiary/aromatic N) is 1. The summed E-state index contributed by atoms with van der Waals surface area (Å²) in [4.78, 5) is 4.10. The van der Waals surface area contributed by atoms with E-state index in [0.717, 1.165) is 16.7 Å². The van der Waals surface area contributed by atoms with E-state index >= 15 is 0 Å². The van der Waals surface area contributed by atoms with E-state index in [1.54, 1.807) is 6.20 Å². The Morgan fingerprint density at radius 2 is 1.94 bits per heavy atom. The third-order valence-corrected chi connectivity index (χ3v) is 2.93. The molecule has 1 aromatic carbocycles. The van der Waals surface area contributed by atoms with Gasteiger partial charge in [0.15, 0.2) is 6.29 Å². The molecule has 0 spiro atoms. The lowest BCUT2D eigenvalue weighted by Crippen LogP contribution is -1.99. The van der Waals surface area contributed by atoms with Crippen molar-refractivity contribution in [2.75, 3.05) is 18.9 Å². The van der Waals surface area contributed by atoms with Gasteiger partial charge in [0.05, 0.1) is 13.2 Å². The molecule has 1 fully saturated rings. The number of ether oxygens (including phenoxy) is 2. The van der Waals surface area contributed by atoms with Gasteiger partial charge in [-0.05, 0) is 23.8 Å². The summed E-state index contributed by atoms with van der Waals surface area (Å²) in [7, 11) is 0. The van der Waals surface area contributed by atoms with E-state index in [0.29, 0.717) is 19.0 Å². The number of benzene rings is 1. The van der Waals surface area contributed by atoms with E-state index in [1.165, 1.54) is 0 Å². The molecule has 0 aliphatic carbocycles. The van der Waals surface area contributed by atoms with Crippen LogP contribution in [0.25, 0.3) is 11.1 Å². The molecule has 1 aliphatic rings. The normalized spacial score (nSPS) is 16.0. The van der Waals surface area contributed by atoms with E-state index in [-0.39, 0.29) is 6.29 Å². The first-order valence-corrected chi connectivity index (χ1v) is 5.88. The fourth-order valence-electron chi connectivity index (χ4n) is 2.07. The topological polar surface area (TPSA) is 57.4 Å². The molecule has 92 valence electrons. The number of pyridine rings is 1. The Balaban J connectivity index is 1.98. The fourth-order valence-corrected chi connectivity index (χ4v) is 2.07. The molecule has 2 heterocycles. The SMILES string of the molecule is Nc1ncccc1-c1cccc(C2OCCO2)c1. The van der Waals surface area contributed by atoms with Crippen LogP contribution in [-0.2, 0) is 9.47 Å². The van der Waals surface area contributed by atoms with Gasteiger partial charge in [-0.2, -0.15) is 0 Å². The van der Waals surface area contributed by atoms with Gasteiger partial charge in [0.25, 0.3) is 0 Å². The van der Waals surface area contributed by atoms with Crippen molar-refractivity contribution in [2.45, 2.75) is 6.29 Å². The van der Waals surface area contributed by atoms with Crippen LogP contribution in [0.3, 0.4) is 0 Å². The number of hydrogen-bond donors (Lipinski definition) is 1. The third-order valence-electron chi connectivity index (χ3n) is 2.93. The predicted molar refractivity (Wildman–Crippen MR) is 68.7 cm³/mol. The molecule has 4 heteroatoms. The average molecular weight is 242 g/mol. The number of aromatic nitrogens is 1. The highest BCUT2D eigenvalue weighted by atomic mass is 16.7. The number of hydrogen-bond acceptors (Lipinski definition) is 4. The van der Waals surface area contributed by atoms with Crippen molar-refractivity contribution in [3.05, 3.63) is 48.2 Å². The van der Waals surface area contributed by atoms with Crippen LogP contribution in [0.4, 0.5) is 5.82 Å². The molecule has 18 heavy (non-hydrogen) atoms. The van der Waals surface area contributed by atoms with Crippen LogP contribution < -0.4 is 5.73 Å². The highest BCUT2D eigenvalue weighted by molar-refractivity contribution is 5.73. The number of nitrogen functional groups attached to an aromatic ring is 1. The molecule has 0 radical (unpaired) electrons. The van der Waals surface area contributed by atoms with Crippen molar-refractivity contribution in [3.63, 3.8) is 0 Å². The highest BCUT2D eigenvalue weighted by Crippen LogP contribution is 2.29. The van der Waals surface area contributed by atoms with Crippen molar-refractivity contribution in [2.24, 2.45) is 0 Å². The van der Waals surface area contributed by atoms with Crippen LogP contribution in [0.5, 0.6) is 0 Å². The largest absolute Gasteiger partial charge is 0.383 e. The maximum absolute atomic E-state index is 5.88. The van der Waals surface area contributed by atoms with Crippen molar-refractivity contribution in [3.8, 4) is 11.1 Å². The molecule has 0 amide bonds. The van der Waals surface area contributed by atoms with Crippen LogP contribution >= 0.6 is 0 Å². The van der Waals surface area contributed by atoms with Gasteiger partial charge in [0.2, 0.25) is 0 Å². The Morgan fingerprint density at radius 3 is 2.72 bits per heavy atom. The minimum absolute atomic E-state index is 0.261. The number of anilines is 1. The molecular weight excluding hydrogens is 228 g/mol. The molecule has 3 rings (SSSR count). The molecule has 1 saturated heterocycles. The van der Waals surface area contributed by atoms with Crippen molar-refractivity contribution in [1.82, 2.24) is 4.98 Å². The van der Waals surface area contributed by atoms with Gasteiger partial charge < -0.3 is 15.2 Å². The smallest absolute Gasteiger partial charge is 0.184 e. The zero-order chi connectivity index (χ0) is 12.4. The maximum Gasteiger partial charge on any atom is 0.184 e. The van der Waals surface area contributed by atoms with E-state index in [9.17, 15) is 0 Å². The molecule has 2 N–H and O–H groups in total. The van der Waals surface area contributed by atoms with Crippen LogP contribution in [0.15, 0.2) is 42.6 Å². The van der Waals surface area contributed by atoms with Gasteiger partial charge in [0, 0.05) is 17.3 Å². The molecule has 2 aromatic rings. The van der Waals surface area contributed by atoms with E-state index in [1.807, 2.05) is 36.4 Å². The molecule has 1 aliphatic heterocycles. The lowest BCUT2D eigenvalue weighted by Gasteiger charge is -2.11. The quantitative estimate of drug-likeness (QED) is 0.878. The van der Waals surface area contributed by atoms with Gasteiger partial charge in [-0.15, -0.1) is 0 Å². The Kier molecular flexibility index (Phi) is 2.96. The Labute approximate surface area is 105 Å². The minimum atomic E-state index is -0.261. The second-order valence-electron chi connectivity index (χ2n) is 4.14. The van der Waals surface area contributed by atoms with Crippen molar-refractivity contribution >= 4 is 5.82 Å². The summed E-state index contributed by atoms with van der Waals surface area (Å²) in [5.74, 6) is 0.530. The summed E-state index contributed by atoms with van der Waals surface area (Å²) in [6.45, 7) is 1.29. The predicted octanol–water partition coefficient (Wildman–Crippen LogP) is 2.38. The lowest BCUT2D eigenvalue weighted by molar-refractivity contribution is -0.0440. The number of rotatable bonds is 2. The third kappa shape index (κ3) is 2.08. The van der Waals surface area contributed by atoms with Crippen LogP contribution in [0.1, 0.15) is 11.9 Å². The van der Waals surface area contributed by atoms with E-state index < -0.39 is 0 Å². The van der Waals surface area contributed by atoms with Gasteiger partial charge in [-0.25, -0.2) is 4.98 Å². The zero-order valence-electron chi connectivity index (χ0n) is 9.87. The second kappa shape index (κ2) is 4.76. The van der Waals surface area contributed by atoms with Crippen molar-refractivity contribution in [1.29, 1.82) is 0 Å². The minimum Gasteiger partial charge on any atom is -0.383 e. The summed E-state index contributed by atoms with van der Waals surface area (Å²) in [5.41, 5.74) is 8.84. The molecule has 4 nitrogen and oxygen atoms in total. The molecular formula is C14H14N2O2.